The van der Waals surface area contributed by atoms with Crippen LogP contribution in [0.4, 0.5) is 0 Å². The van der Waals surface area contributed by atoms with E-state index in [1.807, 2.05) is 0 Å². The van der Waals surface area contributed by atoms with Gasteiger partial charge < -0.3 is 14.2 Å². The number of carbonyl (C=O) groups is 3. The third kappa shape index (κ3) is 48.4. The first kappa shape index (κ1) is 59.4. The molecule has 0 bridgehead atoms. The van der Waals surface area contributed by atoms with E-state index in [4.69, 9.17) is 14.2 Å². The van der Waals surface area contributed by atoms with Crippen LogP contribution < -0.4 is 0 Å². The second kappa shape index (κ2) is 51.0. The second-order valence-electron chi connectivity index (χ2n) is 17.8. The number of allylic oxidation sites excluding steroid dienone is 8. The molecule has 0 N–H and O–H groups in total. The number of unbranched alkanes of at least 4 members (excludes halogenated alkanes) is 29. The van der Waals surface area contributed by atoms with E-state index in [0.717, 1.165) is 77.0 Å². The van der Waals surface area contributed by atoms with Crippen LogP contribution >= 0.6 is 0 Å². The van der Waals surface area contributed by atoms with Crippen molar-refractivity contribution in [1.82, 2.24) is 0 Å². The molecule has 6 nitrogen and oxygen atoms in total. The van der Waals surface area contributed by atoms with Crippen LogP contribution in [0.25, 0.3) is 0 Å². The number of carbonyl (C=O) groups excluding carboxylic acids is 3. The summed E-state index contributed by atoms with van der Waals surface area (Å²) in [4.78, 5) is 38.0. The zero-order valence-corrected chi connectivity index (χ0v) is 41.1. The number of rotatable bonds is 48. The van der Waals surface area contributed by atoms with E-state index < -0.39 is 6.10 Å². The molecule has 1 atom stereocenters. The molecule has 0 aliphatic carbocycles. The zero-order valence-electron chi connectivity index (χ0n) is 41.1. The smallest absolute Gasteiger partial charge is 0.306 e. The van der Waals surface area contributed by atoms with Crippen LogP contribution in [0.1, 0.15) is 271 Å². The van der Waals surface area contributed by atoms with Gasteiger partial charge in [0.25, 0.3) is 0 Å². The van der Waals surface area contributed by atoms with Crippen molar-refractivity contribution in [3.63, 3.8) is 0 Å². The van der Waals surface area contributed by atoms with Gasteiger partial charge in [-0.3, -0.25) is 14.4 Å². The Hall–Kier alpha value is -2.63. The Morgan fingerprint density at radius 2 is 0.629 bits per heavy atom. The van der Waals surface area contributed by atoms with Crippen molar-refractivity contribution in [2.45, 2.75) is 277 Å². The molecule has 62 heavy (non-hydrogen) atoms. The summed E-state index contributed by atoms with van der Waals surface area (Å²) in [5, 5.41) is 0. The van der Waals surface area contributed by atoms with Crippen LogP contribution in [0.2, 0.25) is 0 Å². The van der Waals surface area contributed by atoms with Crippen molar-refractivity contribution in [2.75, 3.05) is 13.2 Å². The average molecular weight is 869 g/mol. The van der Waals surface area contributed by atoms with Gasteiger partial charge in [-0.15, -0.1) is 0 Å². The first-order valence-electron chi connectivity index (χ1n) is 26.6. The molecular formula is C56H100O6. The van der Waals surface area contributed by atoms with E-state index in [-0.39, 0.29) is 31.1 Å². The fraction of sp³-hybridized carbons (Fsp3) is 0.804. The summed E-state index contributed by atoms with van der Waals surface area (Å²) in [6.45, 7) is 6.50. The highest BCUT2D eigenvalue weighted by Crippen LogP contribution is 2.16. The molecule has 0 aliphatic rings. The van der Waals surface area contributed by atoms with Gasteiger partial charge in [0, 0.05) is 19.3 Å². The van der Waals surface area contributed by atoms with E-state index >= 15 is 0 Å². The molecule has 0 aromatic carbocycles. The molecule has 0 saturated heterocycles. The van der Waals surface area contributed by atoms with Crippen molar-refractivity contribution >= 4 is 17.9 Å². The van der Waals surface area contributed by atoms with Crippen LogP contribution in [-0.4, -0.2) is 37.2 Å². The predicted octanol–water partition coefficient (Wildman–Crippen LogP) is 17.5. The third-order valence-electron chi connectivity index (χ3n) is 11.6. The van der Waals surface area contributed by atoms with Gasteiger partial charge in [-0.25, -0.2) is 0 Å². The minimum atomic E-state index is -0.787. The minimum absolute atomic E-state index is 0.0843. The second-order valence-corrected chi connectivity index (χ2v) is 17.8. The number of hydrogen-bond acceptors (Lipinski definition) is 6. The van der Waals surface area contributed by atoms with Gasteiger partial charge in [0.15, 0.2) is 6.10 Å². The van der Waals surface area contributed by atoms with Crippen molar-refractivity contribution in [3.05, 3.63) is 48.6 Å². The lowest BCUT2D eigenvalue weighted by atomic mass is 10.0. The van der Waals surface area contributed by atoms with Gasteiger partial charge >= 0.3 is 17.9 Å². The van der Waals surface area contributed by atoms with Crippen LogP contribution in [0.3, 0.4) is 0 Å². The molecule has 0 aromatic rings. The molecule has 0 aromatic heterocycles. The highest BCUT2D eigenvalue weighted by Gasteiger charge is 2.19. The van der Waals surface area contributed by atoms with Crippen LogP contribution in [0.5, 0.6) is 0 Å². The maximum Gasteiger partial charge on any atom is 0.306 e. The Bertz CT molecular complexity index is 1090. The molecule has 360 valence electrons. The highest BCUT2D eigenvalue weighted by molar-refractivity contribution is 5.71. The van der Waals surface area contributed by atoms with E-state index in [1.165, 1.54) is 154 Å². The largest absolute Gasteiger partial charge is 0.462 e. The fourth-order valence-electron chi connectivity index (χ4n) is 7.57. The van der Waals surface area contributed by atoms with Crippen molar-refractivity contribution < 1.29 is 28.6 Å². The summed E-state index contributed by atoms with van der Waals surface area (Å²) in [6, 6.07) is 0. The molecular weight excluding hydrogens is 769 g/mol. The lowest BCUT2D eigenvalue weighted by Crippen LogP contribution is -2.30. The summed E-state index contributed by atoms with van der Waals surface area (Å²) in [5.74, 6) is -0.921. The summed E-state index contributed by atoms with van der Waals surface area (Å²) in [6.07, 6.45) is 61.0. The number of hydrogen-bond donors (Lipinski definition) is 0. The first-order valence-corrected chi connectivity index (χ1v) is 26.6. The van der Waals surface area contributed by atoms with Gasteiger partial charge in [-0.2, -0.15) is 0 Å². The summed E-state index contributed by atoms with van der Waals surface area (Å²) < 4.78 is 16.8. The van der Waals surface area contributed by atoms with Gasteiger partial charge in [0.05, 0.1) is 0 Å². The van der Waals surface area contributed by atoms with Crippen LogP contribution in [-0.2, 0) is 28.6 Å². The van der Waals surface area contributed by atoms with E-state index in [9.17, 15) is 14.4 Å². The molecule has 0 amide bonds. The fourth-order valence-corrected chi connectivity index (χ4v) is 7.57. The summed E-state index contributed by atoms with van der Waals surface area (Å²) in [7, 11) is 0. The van der Waals surface area contributed by atoms with E-state index in [2.05, 4.69) is 69.4 Å². The molecule has 6 heteroatoms. The van der Waals surface area contributed by atoms with Crippen LogP contribution in [0.15, 0.2) is 48.6 Å². The van der Waals surface area contributed by atoms with Crippen molar-refractivity contribution in [1.29, 1.82) is 0 Å². The minimum Gasteiger partial charge on any atom is -0.462 e. The lowest BCUT2D eigenvalue weighted by molar-refractivity contribution is -0.167. The molecule has 0 radical (unpaired) electrons. The molecule has 0 saturated carbocycles. The maximum atomic E-state index is 12.8. The van der Waals surface area contributed by atoms with Crippen molar-refractivity contribution in [2.24, 2.45) is 0 Å². The van der Waals surface area contributed by atoms with Crippen molar-refractivity contribution in [3.8, 4) is 0 Å². The highest BCUT2D eigenvalue weighted by atomic mass is 16.6. The van der Waals surface area contributed by atoms with Gasteiger partial charge in [-0.1, -0.05) is 223 Å². The number of esters is 3. The topological polar surface area (TPSA) is 78.9 Å². The van der Waals surface area contributed by atoms with Gasteiger partial charge in [0.1, 0.15) is 13.2 Å². The Balaban J connectivity index is 4.37. The van der Waals surface area contributed by atoms with Gasteiger partial charge in [0.2, 0.25) is 0 Å². The Morgan fingerprint density at radius 1 is 0.339 bits per heavy atom. The third-order valence-corrected chi connectivity index (χ3v) is 11.6. The molecule has 1 unspecified atom stereocenters. The normalized spacial score (nSPS) is 12.4. The lowest BCUT2D eigenvalue weighted by Gasteiger charge is -2.18. The van der Waals surface area contributed by atoms with E-state index in [1.54, 1.807) is 0 Å². The molecule has 0 spiro atoms. The number of ether oxygens (including phenoxy) is 3. The standard InChI is InChI=1S/C56H100O6/c1-4-7-10-13-16-19-22-25-27-28-30-31-34-37-40-43-46-49-55(58)61-52-53(51-60-54(57)48-45-42-39-36-33-24-21-18-15-12-9-6-3)62-56(59)50-47-44-41-38-35-32-29-26-23-20-17-14-11-8-5-2/h9,12,18,20-21,23,33,36,53H,4-8,10-11,13-17,19,22,24-32,34-35,37-52H2,1-3H3/b12-9-,21-18-,23-20-,36-33-. The predicted molar refractivity (Wildman–Crippen MR) is 265 cm³/mol. The van der Waals surface area contributed by atoms with Crippen LogP contribution in [0, 0.1) is 0 Å². The Morgan fingerprint density at radius 3 is 1.05 bits per heavy atom. The molecule has 0 aliphatic heterocycles. The summed E-state index contributed by atoms with van der Waals surface area (Å²) >= 11 is 0. The SMILES string of the molecule is CC/C=C\C/C=C\C/C=C\CCCCC(=O)OCC(COC(=O)CCCCCCCCCCCCCCCCCCC)OC(=O)CCCCCCCCC/C=C\CCCCCC. The monoisotopic (exact) mass is 869 g/mol. The summed E-state index contributed by atoms with van der Waals surface area (Å²) in [5.41, 5.74) is 0. The average Bonchev–Trinajstić information content (AvgIpc) is 3.27. The molecule has 0 fully saturated rings. The molecule has 0 rings (SSSR count). The van der Waals surface area contributed by atoms with E-state index in [0.29, 0.717) is 19.3 Å². The quantitative estimate of drug-likeness (QED) is 0.0262. The maximum absolute atomic E-state index is 12.8. The Labute approximate surface area is 384 Å². The zero-order chi connectivity index (χ0) is 45.1. The molecule has 0 heterocycles. The Kier molecular flexibility index (Phi) is 48.8. The van der Waals surface area contributed by atoms with Gasteiger partial charge in [-0.05, 0) is 77.0 Å². The first-order chi connectivity index (χ1) is 30.5.